The lowest BCUT2D eigenvalue weighted by atomic mass is 10.1. The third-order valence-corrected chi connectivity index (χ3v) is 2.78. The minimum Gasteiger partial charge on any atom is -0.468 e. The number of rotatable bonds is 4. The molecule has 1 saturated carbocycles. The average molecular weight is 199 g/mol. The first-order valence-electron chi connectivity index (χ1n) is 5.26. The van der Waals surface area contributed by atoms with Crippen LogP contribution in [0.1, 0.15) is 25.7 Å². The van der Waals surface area contributed by atoms with Crippen molar-refractivity contribution in [2.24, 2.45) is 0 Å². The summed E-state index contributed by atoms with van der Waals surface area (Å²) >= 11 is 0. The highest BCUT2D eigenvalue weighted by Gasteiger charge is 2.36. The molecule has 0 amide bonds. The van der Waals surface area contributed by atoms with Gasteiger partial charge in [0.25, 0.3) is 0 Å². The van der Waals surface area contributed by atoms with Gasteiger partial charge in [-0.25, -0.2) is 0 Å². The van der Waals surface area contributed by atoms with Crippen LogP contribution in [0.3, 0.4) is 0 Å². The molecule has 1 N–H and O–H groups in total. The molecule has 1 saturated heterocycles. The number of nitrogens with one attached hydrogen (secondary N) is 1. The Morgan fingerprint density at radius 2 is 2.29 bits per heavy atom. The van der Waals surface area contributed by atoms with Crippen LogP contribution in [-0.4, -0.2) is 37.9 Å². The highest BCUT2D eigenvalue weighted by molar-refractivity contribution is 5.76. The fourth-order valence-corrected chi connectivity index (χ4v) is 1.82. The van der Waals surface area contributed by atoms with Crippen LogP contribution in [0.5, 0.6) is 0 Å². The minimum absolute atomic E-state index is 0.0167. The standard InChI is InChI=1S/C10H17NO3/c1-13-10(12)9(11-7-4-5-7)8-3-2-6-14-8/h7-9,11H,2-6H2,1H3. The Morgan fingerprint density at radius 3 is 2.79 bits per heavy atom. The van der Waals surface area contributed by atoms with Crippen molar-refractivity contribution in [2.45, 2.75) is 43.9 Å². The SMILES string of the molecule is COC(=O)C(NC1CC1)C1CCCO1. The van der Waals surface area contributed by atoms with E-state index in [4.69, 9.17) is 9.47 Å². The number of hydrogen-bond donors (Lipinski definition) is 1. The second-order valence-electron chi connectivity index (χ2n) is 3.99. The predicted octanol–water partition coefficient (Wildman–Crippen LogP) is 0.459. The Morgan fingerprint density at radius 1 is 1.50 bits per heavy atom. The Labute approximate surface area is 84.0 Å². The predicted molar refractivity (Wildman–Crippen MR) is 50.9 cm³/mol. The average Bonchev–Trinajstić information content (AvgIpc) is 2.86. The van der Waals surface area contributed by atoms with Gasteiger partial charge in [-0.3, -0.25) is 10.1 Å². The summed E-state index contributed by atoms with van der Waals surface area (Å²) in [5.74, 6) is -0.191. The molecule has 0 aromatic carbocycles. The monoisotopic (exact) mass is 199 g/mol. The first-order chi connectivity index (χ1) is 6.81. The van der Waals surface area contributed by atoms with Crippen molar-refractivity contribution < 1.29 is 14.3 Å². The normalized spacial score (nSPS) is 28.8. The topological polar surface area (TPSA) is 47.6 Å². The van der Waals surface area contributed by atoms with Crippen LogP contribution in [0.25, 0.3) is 0 Å². The maximum absolute atomic E-state index is 11.5. The number of carbonyl (C=O) groups excluding carboxylic acids is 1. The maximum Gasteiger partial charge on any atom is 0.325 e. The molecule has 2 aliphatic rings. The van der Waals surface area contributed by atoms with Crippen LogP contribution in [-0.2, 0) is 14.3 Å². The zero-order chi connectivity index (χ0) is 9.97. The number of esters is 1. The van der Waals surface area contributed by atoms with Gasteiger partial charge in [-0.15, -0.1) is 0 Å². The lowest BCUT2D eigenvalue weighted by Crippen LogP contribution is -2.47. The number of ether oxygens (including phenoxy) is 2. The van der Waals surface area contributed by atoms with Crippen molar-refractivity contribution in [3.8, 4) is 0 Å². The van der Waals surface area contributed by atoms with Crippen molar-refractivity contribution in [3.05, 3.63) is 0 Å². The minimum atomic E-state index is -0.255. The van der Waals surface area contributed by atoms with Gasteiger partial charge in [0.2, 0.25) is 0 Å². The molecule has 1 heterocycles. The fourth-order valence-electron chi connectivity index (χ4n) is 1.82. The van der Waals surface area contributed by atoms with E-state index in [1.807, 2.05) is 0 Å². The second-order valence-corrected chi connectivity index (χ2v) is 3.99. The summed E-state index contributed by atoms with van der Waals surface area (Å²) < 4.78 is 10.3. The second kappa shape index (κ2) is 4.28. The van der Waals surface area contributed by atoms with Gasteiger partial charge < -0.3 is 9.47 Å². The van der Waals surface area contributed by atoms with Crippen molar-refractivity contribution in [1.82, 2.24) is 5.32 Å². The molecule has 0 bridgehead atoms. The van der Waals surface area contributed by atoms with Gasteiger partial charge in [-0.2, -0.15) is 0 Å². The van der Waals surface area contributed by atoms with Crippen LogP contribution in [0.2, 0.25) is 0 Å². The lowest BCUT2D eigenvalue weighted by Gasteiger charge is -2.21. The van der Waals surface area contributed by atoms with Crippen molar-refractivity contribution >= 4 is 5.97 Å². The summed E-state index contributed by atoms with van der Waals surface area (Å²) in [6, 6.07) is 0.248. The van der Waals surface area contributed by atoms with Gasteiger partial charge >= 0.3 is 5.97 Å². The Balaban J connectivity index is 1.92. The molecule has 0 spiro atoms. The first kappa shape index (κ1) is 9.93. The van der Waals surface area contributed by atoms with Crippen molar-refractivity contribution in [3.63, 3.8) is 0 Å². The Bertz CT molecular complexity index is 209. The zero-order valence-electron chi connectivity index (χ0n) is 8.49. The fraction of sp³-hybridized carbons (Fsp3) is 0.900. The van der Waals surface area contributed by atoms with Crippen LogP contribution < -0.4 is 5.32 Å². The van der Waals surface area contributed by atoms with Gasteiger partial charge in [0, 0.05) is 12.6 Å². The van der Waals surface area contributed by atoms with Crippen molar-refractivity contribution in [1.29, 1.82) is 0 Å². The molecule has 2 fully saturated rings. The van der Waals surface area contributed by atoms with Crippen LogP contribution >= 0.6 is 0 Å². The quantitative estimate of drug-likeness (QED) is 0.668. The third kappa shape index (κ3) is 2.25. The number of methoxy groups -OCH3 is 1. The van der Waals surface area contributed by atoms with E-state index in [2.05, 4.69) is 5.32 Å². The summed E-state index contributed by atoms with van der Waals surface area (Å²) in [6.45, 7) is 0.768. The number of hydrogen-bond acceptors (Lipinski definition) is 4. The summed E-state index contributed by atoms with van der Waals surface area (Å²) in [5, 5.41) is 3.28. The molecule has 0 radical (unpaired) electrons. The van der Waals surface area contributed by atoms with Gasteiger partial charge in [0.1, 0.15) is 6.04 Å². The van der Waals surface area contributed by atoms with Crippen LogP contribution in [0, 0.1) is 0 Å². The highest BCUT2D eigenvalue weighted by atomic mass is 16.5. The summed E-state index contributed by atoms with van der Waals surface area (Å²) in [6.07, 6.45) is 4.35. The molecule has 1 aliphatic heterocycles. The molecule has 2 unspecified atom stereocenters. The van der Waals surface area contributed by atoms with Crippen LogP contribution in [0.4, 0.5) is 0 Å². The molecule has 0 aromatic rings. The molecule has 14 heavy (non-hydrogen) atoms. The van der Waals surface area contributed by atoms with E-state index < -0.39 is 0 Å². The highest BCUT2D eigenvalue weighted by Crippen LogP contribution is 2.23. The van der Waals surface area contributed by atoms with Crippen LogP contribution in [0.15, 0.2) is 0 Å². The third-order valence-electron chi connectivity index (χ3n) is 2.78. The van der Waals surface area contributed by atoms with Gasteiger partial charge in [0.05, 0.1) is 13.2 Å². The van der Waals surface area contributed by atoms with E-state index in [9.17, 15) is 4.79 Å². The smallest absolute Gasteiger partial charge is 0.325 e. The summed E-state index contributed by atoms with van der Waals surface area (Å²) in [5.41, 5.74) is 0. The van der Waals surface area contributed by atoms with Gasteiger partial charge in [-0.1, -0.05) is 0 Å². The Kier molecular flexibility index (Phi) is 3.03. The maximum atomic E-state index is 11.5. The van der Waals surface area contributed by atoms with E-state index >= 15 is 0 Å². The molecule has 1 aliphatic carbocycles. The summed E-state index contributed by atoms with van der Waals surface area (Å²) in [7, 11) is 1.43. The van der Waals surface area contributed by atoms with E-state index in [0.29, 0.717) is 6.04 Å². The summed E-state index contributed by atoms with van der Waals surface area (Å²) in [4.78, 5) is 11.5. The molecular formula is C10H17NO3. The van der Waals surface area contributed by atoms with E-state index in [1.54, 1.807) is 0 Å². The lowest BCUT2D eigenvalue weighted by molar-refractivity contribution is -0.146. The van der Waals surface area contributed by atoms with Crippen molar-refractivity contribution in [2.75, 3.05) is 13.7 Å². The largest absolute Gasteiger partial charge is 0.468 e. The van der Waals surface area contributed by atoms with E-state index in [0.717, 1.165) is 19.4 Å². The first-order valence-corrected chi connectivity index (χ1v) is 5.26. The molecule has 4 nitrogen and oxygen atoms in total. The van der Waals surface area contributed by atoms with Gasteiger partial charge in [0.15, 0.2) is 0 Å². The van der Waals surface area contributed by atoms with Gasteiger partial charge in [-0.05, 0) is 25.7 Å². The molecule has 2 atom stereocenters. The molecule has 4 heteroatoms. The molecule has 0 aromatic heterocycles. The van der Waals surface area contributed by atoms with E-state index in [1.165, 1.54) is 20.0 Å². The Hall–Kier alpha value is -0.610. The molecule has 2 rings (SSSR count). The number of carbonyl (C=O) groups is 1. The molecule has 80 valence electrons. The zero-order valence-corrected chi connectivity index (χ0v) is 8.49. The molecular weight excluding hydrogens is 182 g/mol. The van der Waals surface area contributed by atoms with E-state index in [-0.39, 0.29) is 18.1 Å².